The van der Waals surface area contributed by atoms with Gasteiger partial charge in [-0.15, -0.1) is 0 Å². The first-order valence-electron chi connectivity index (χ1n) is 12.3. The van der Waals surface area contributed by atoms with Crippen LogP contribution in [0.5, 0.6) is 0 Å². The second kappa shape index (κ2) is 7.78. The van der Waals surface area contributed by atoms with Gasteiger partial charge in [0, 0.05) is 18.6 Å². The van der Waals surface area contributed by atoms with Gasteiger partial charge in [0.25, 0.3) is 11.8 Å². The monoisotopic (exact) mass is 486 g/mol. The maximum Gasteiger partial charge on any atom is 0.264 e. The summed E-state index contributed by atoms with van der Waals surface area (Å²) in [5.74, 6) is -0.342. The van der Waals surface area contributed by atoms with Crippen LogP contribution in [0.3, 0.4) is 0 Å². The molecule has 0 bridgehead atoms. The van der Waals surface area contributed by atoms with E-state index in [9.17, 15) is 22.8 Å². The number of anilines is 1. The molecule has 9 nitrogen and oxygen atoms in total. The van der Waals surface area contributed by atoms with Crippen molar-refractivity contribution in [2.24, 2.45) is 11.8 Å². The quantitative estimate of drug-likeness (QED) is 0.650. The highest BCUT2D eigenvalue weighted by atomic mass is 32.2. The molecule has 10 heteroatoms. The summed E-state index contributed by atoms with van der Waals surface area (Å²) in [4.78, 5) is 46.2. The molecule has 5 heterocycles. The standard InChI is InChI=1S/C24H30N4O5S/c1-34(32,33)25-17-8-2-6-16-20(17)24(31)28(22(16)29)19-10-9-18-15-7-4-12-26-11-3-5-14(21(15)26)13-27(18)23(19)30/h2,6,8,14-15,18-19,21,25H,3-5,7,9-13H2,1H3/t14-,15+,18+,19?,21-/m0/s1. The van der Waals surface area contributed by atoms with Crippen LogP contribution in [0.15, 0.2) is 18.2 Å². The Morgan fingerprint density at radius 1 is 0.971 bits per heavy atom. The number of hydrogen-bond donors (Lipinski definition) is 1. The molecule has 0 aliphatic carbocycles. The third-order valence-electron chi connectivity index (χ3n) is 8.53. The van der Waals surface area contributed by atoms with Crippen molar-refractivity contribution in [1.82, 2.24) is 14.7 Å². The fraction of sp³-hybridized carbons (Fsp3) is 0.625. The smallest absolute Gasteiger partial charge is 0.264 e. The number of nitrogens with one attached hydrogen (secondary N) is 1. The van der Waals surface area contributed by atoms with Crippen LogP contribution in [0.25, 0.3) is 0 Å². The SMILES string of the molecule is CS(=O)(=O)Nc1cccc2c1C(=O)N(C1CC[C@@H]3[C@H]4CCCN5CCC[C@@H](CN3C1=O)[C@@H]45)C2=O. The van der Waals surface area contributed by atoms with Gasteiger partial charge in [0.15, 0.2) is 0 Å². The molecule has 4 saturated heterocycles. The molecule has 1 unspecified atom stereocenters. The highest BCUT2D eigenvalue weighted by molar-refractivity contribution is 7.92. The summed E-state index contributed by atoms with van der Waals surface area (Å²) >= 11 is 0. The van der Waals surface area contributed by atoms with Crippen molar-refractivity contribution in [2.75, 3.05) is 30.6 Å². The van der Waals surface area contributed by atoms with Gasteiger partial charge in [-0.25, -0.2) is 8.42 Å². The highest BCUT2D eigenvalue weighted by Crippen LogP contribution is 2.46. The molecule has 3 amide bonds. The van der Waals surface area contributed by atoms with Crippen LogP contribution in [0, 0.1) is 11.8 Å². The van der Waals surface area contributed by atoms with Gasteiger partial charge < -0.3 is 4.90 Å². The molecule has 34 heavy (non-hydrogen) atoms. The van der Waals surface area contributed by atoms with Crippen LogP contribution in [0.2, 0.25) is 0 Å². The van der Waals surface area contributed by atoms with Crippen LogP contribution in [-0.2, 0) is 14.8 Å². The lowest BCUT2D eigenvalue weighted by Crippen LogP contribution is -2.69. The molecule has 1 N–H and O–H groups in total. The van der Waals surface area contributed by atoms with E-state index in [1.165, 1.54) is 12.1 Å². The second-order valence-electron chi connectivity index (χ2n) is 10.5. The lowest BCUT2D eigenvalue weighted by molar-refractivity contribution is -0.156. The Morgan fingerprint density at radius 2 is 1.74 bits per heavy atom. The van der Waals surface area contributed by atoms with Gasteiger partial charge in [0.2, 0.25) is 15.9 Å². The first kappa shape index (κ1) is 22.0. The fourth-order valence-corrected chi connectivity index (χ4v) is 7.94. The Labute approximate surface area is 199 Å². The van der Waals surface area contributed by atoms with Crippen molar-refractivity contribution < 1.29 is 22.8 Å². The lowest BCUT2D eigenvalue weighted by Gasteiger charge is -2.59. The Morgan fingerprint density at radius 3 is 2.50 bits per heavy atom. The number of benzene rings is 1. The van der Waals surface area contributed by atoms with Crippen LogP contribution < -0.4 is 4.72 Å². The zero-order chi connectivity index (χ0) is 23.8. The summed E-state index contributed by atoms with van der Waals surface area (Å²) in [5.41, 5.74) is 0.247. The maximum absolute atomic E-state index is 13.8. The summed E-state index contributed by atoms with van der Waals surface area (Å²) in [5, 5.41) is 0. The molecule has 0 spiro atoms. The Kier molecular flexibility index (Phi) is 5.04. The van der Waals surface area contributed by atoms with E-state index in [1.807, 2.05) is 4.90 Å². The van der Waals surface area contributed by atoms with Crippen LogP contribution in [0.4, 0.5) is 5.69 Å². The van der Waals surface area contributed by atoms with Crippen molar-refractivity contribution in [2.45, 2.75) is 56.7 Å². The van der Waals surface area contributed by atoms with E-state index in [0.29, 0.717) is 30.8 Å². The van der Waals surface area contributed by atoms with Gasteiger partial charge in [0.05, 0.1) is 23.1 Å². The predicted octanol–water partition coefficient (Wildman–Crippen LogP) is 1.52. The molecular weight excluding hydrogens is 456 g/mol. The molecule has 6 rings (SSSR count). The van der Waals surface area contributed by atoms with E-state index >= 15 is 0 Å². The van der Waals surface area contributed by atoms with E-state index in [2.05, 4.69) is 9.62 Å². The van der Waals surface area contributed by atoms with Crippen molar-refractivity contribution in [3.05, 3.63) is 29.3 Å². The van der Waals surface area contributed by atoms with Crippen LogP contribution >= 0.6 is 0 Å². The Hall–Kier alpha value is -2.46. The third kappa shape index (κ3) is 3.29. The minimum absolute atomic E-state index is 0.0294. The van der Waals surface area contributed by atoms with Gasteiger partial charge in [-0.05, 0) is 75.6 Å². The number of amides is 3. The van der Waals surface area contributed by atoms with Crippen LogP contribution in [0.1, 0.15) is 59.2 Å². The van der Waals surface area contributed by atoms with Crippen molar-refractivity contribution in [3.8, 4) is 0 Å². The maximum atomic E-state index is 13.8. The van der Waals surface area contributed by atoms with Crippen LogP contribution in [-0.4, -0.2) is 84.9 Å². The van der Waals surface area contributed by atoms with Crippen molar-refractivity contribution in [1.29, 1.82) is 0 Å². The molecule has 5 aliphatic rings. The Balaban J connectivity index is 1.29. The number of hydrogen-bond acceptors (Lipinski definition) is 6. The molecule has 1 aromatic carbocycles. The molecule has 0 radical (unpaired) electrons. The van der Waals surface area contributed by atoms with Gasteiger partial charge in [0.1, 0.15) is 6.04 Å². The highest BCUT2D eigenvalue weighted by Gasteiger charge is 2.54. The first-order valence-corrected chi connectivity index (χ1v) is 14.2. The van der Waals surface area contributed by atoms with Crippen molar-refractivity contribution >= 4 is 33.4 Å². The number of rotatable bonds is 3. The number of nitrogens with zero attached hydrogens (tertiary/aromatic N) is 3. The van der Waals surface area contributed by atoms with Crippen molar-refractivity contribution in [3.63, 3.8) is 0 Å². The number of piperidine rings is 4. The number of carbonyl (C=O) groups excluding carboxylic acids is 3. The largest absolute Gasteiger partial charge is 0.337 e. The van der Waals surface area contributed by atoms with Gasteiger partial charge in [-0.3, -0.25) is 28.9 Å². The second-order valence-corrected chi connectivity index (χ2v) is 12.2. The minimum Gasteiger partial charge on any atom is -0.337 e. The summed E-state index contributed by atoms with van der Waals surface area (Å²) in [6.45, 7) is 3.00. The van der Waals surface area contributed by atoms with E-state index < -0.39 is 27.9 Å². The first-order chi connectivity index (χ1) is 16.2. The lowest BCUT2D eigenvalue weighted by atomic mass is 9.67. The van der Waals surface area contributed by atoms with E-state index in [0.717, 1.165) is 56.3 Å². The normalized spacial score (nSPS) is 33.4. The molecular formula is C24H30N4O5S. The minimum atomic E-state index is -3.64. The summed E-state index contributed by atoms with van der Waals surface area (Å²) in [7, 11) is -3.64. The molecule has 0 aromatic heterocycles. The van der Waals surface area contributed by atoms with E-state index in [1.54, 1.807) is 6.07 Å². The molecule has 4 fully saturated rings. The number of imide groups is 1. The molecule has 182 valence electrons. The number of sulfonamides is 1. The van der Waals surface area contributed by atoms with Gasteiger partial charge >= 0.3 is 0 Å². The van der Waals surface area contributed by atoms with Gasteiger partial charge in [-0.1, -0.05) is 6.07 Å². The molecule has 5 aliphatic heterocycles. The number of carbonyl (C=O) groups is 3. The molecule has 1 aromatic rings. The topological polar surface area (TPSA) is 107 Å². The number of fused-ring (bicyclic) bond motifs is 3. The zero-order valence-corrected chi connectivity index (χ0v) is 20.1. The van der Waals surface area contributed by atoms with E-state index in [4.69, 9.17) is 0 Å². The summed E-state index contributed by atoms with van der Waals surface area (Å²) < 4.78 is 25.9. The third-order valence-corrected chi connectivity index (χ3v) is 9.12. The molecule has 5 atom stereocenters. The van der Waals surface area contributed by atoms with Gasteiger partial charge in [-0.2, -0.15) is 0 Å². The van der Waals surface area contributed by atoms with E-state index in [-0.39, 0.29) is 28.8 Å². The summed E-state index contributed by atoms with van der Waals surface area (Å²) in [6.07, 6.45) is 6.78. The fourth-order valence-electron chi connectivity index (χ4n) is 7.37. The summed E-state index contributed by atoms with van der Waals surface area (Å²) in [6, 6.07) is 4.41. The zero-order valence-electron chi connectivity index (χ0n) is 19.3. The average Bonchev–Trinajstić information content (AvgIpc) is 3.05. The average molecular weight is 487 g/mol. The predicted molar refractivity (Wildman–Crippen MR) is 125 cm³/mol. The Bertz CT molecular complexity index is 1180. The molecule has 0 saturated carbocycles.